The van der Waals surface area contributed by atoms with E-state index in [1.807, 2.05) is 0 Å². The molecular weight excluding hydrogens is 218 g/mol. The molecule has 0 saturated heterocycles. The molecule has 0 aliphatic heterocycles. The van der Waals surface area contributed by atoms with Crippen molar-refractivity contribution >= 4 is 16.3 Å². The van der Waals surface area contributed by atoms with Gasteiger partial charge in [0, 0.05) is 29.9 Å². The molecule has 0 aromatic carbocycles. The minimum absolute atomic E-state index is 0.261. The van der Waals surface area contributed by atoms with E-state index in [0.717, 1.165) is 23.1 Å². The summed E-state index contributed by atoms with van der Waals surface area (Å²) in [5.74, 6) is 0.858. The molecule has 3 nitrogen and oxygen atoms in total. The highest BCUT2D eigenvalue weighted by molar-refractivity contribution is 7.15. The van der Waals surface area contributed by atoms with Gasteiger partial charge >= 0.3 is 0 Å². The molecule has 0 amide bonds. The molecule has 4 heteroatoms. The molecule has 0 spiro atoms. The molecule has 86 valence electrons. The third-order valence-corrected chi connectivity index (χ3v) is 4.24. The van der Waals surface area contributed by atoms with Crippen LogP contribution in [-0.4, -0.2) is 14.9 Å². The van der Waals surface area contributed by atoms with Crippen molar-refractivity contribution in [3.8, 4) is 0 Å². The molecule has 2 aromatic heterocycles. The summed E-state index contributed by atoms with van der Waals surface area (Å²) in [5.41, 5.74) is 1.40. The fourth-order valence-corrected chi connectivity index (χ4v) is 2.85. The van der Waals surface area contributed by atoms with Crippen LogP contribution in [0.5, 0.6) is 0 Å². The first-order valence-electron chi connectivity index (χ1n) is 5.81. The Hall–Kier alpha value is -0.870. The standard InChI is InChI=1S/C12H17N3S/c1-12(2,9-3-4-9)13-7-10-8-15-5-6-16-11(15)14-10/h5-6,8-9,13H,3-4,7H2,1-2H3. The minimum Gasteiger partial charge on any atom is -0.306 e. The highest BCUT2D eigenvalue weighted by Crippen LogP contribution is 2.39. The summed E-state index contributed by atoms with van der Waals surface area (Å²) in [5, 5.41) is 5.68. The molecule has 16 heavy (non-hydrogen) atoms. The van der Waals surface area contributed by atoms with Gasteiger partial charge in [0.1, 0.15) is 0 Å². The van der Waals surface area contributed by atoms with Gasteiger partial charge in [0.05, 0.1) is 5.69 Å². The van der Waals surface area contributed by atoms with Crippen LogP contribution in [0.3, 0.4) is 0 Å². The topological polar surface area (TPSA) is 29.3 Å². The summed E-state index contributed by atoms with van der Waals surface area (Å²) in [6.07, 6.45) is 6.92. The van der Waals surface area contributed by atoms with Crippen LogP contribution in [-0.2, 0) is 6.54 Å². The average molecular weight is 235 g/mol. The van der Waals surface area contributed by atoms with E-state index in [2.05, 4.69) is 46.3 Å². The number of hydrogen-bond acceptors (Lipinski definition) is 3. The van der Waals surface area contributed by atoms with Gasteiger partial charge in [0.25, 0.3) is 0 Å². The van der Waals surface area contributed by atoms with Gasteiger partial charge in [-0.1, -0.05) is 0 Å². The number of nitrogens with one attached hydrogen (secondary N) is 1. The van der Waals surface area contributed by atoms with Crippen molar-refractivity contribution in [3.05, 3.63) is 23.5 Å². The number of thiazole rings is 1. The van der Waals surface area contributed by atoms with Crippen molar-refractivity contribution in [2.24, 2.45) is 5.92 Å². The third kappa shape index (κ3) is 1.87. The summed E-state index contributed by atoms with van der Waals surface area (Å²) >= 11 is 1.68. The SMILES string of the molecule is CC(C)(NCc1cn2ccsc2n1)C1CC1. The van der Waals surface area contributed by atoms with Crippen LogP contribution in [0.4, 0.5) is 0 Å². The first-order chi connectivity index (χ1) is 7.65. The van der Waals surface area contributed by atoms with Crippen LogP contribution in [0.1, 0.15) is 32.4 Å². The van der Waals surface area contributed by atoms with E-state index in [1.165, 1.54) is 12.8 Å². The fraction of sp³-hybridized carbons (Fsp3) is 0.583. The molecule has 1 aliphatic rings. The lowest BCUT2D eigenvalue weighted by Gasteiger charge is -2.25. The maximum Gasteiger partial charge on any atom is 0.193 e. The van der Waals surface area contributed by atoms with Crippen molar-refractivity contribution in [2.45, 2.75) is 38.8 Å². The van der Waals surface area contributed by atoms with Gasteiger partial charge in [0.15, 0.2) is 4.96 Å². The van der Waals surface area contributed by atoms with E-state index in [1.54, 1.807) is 11.3 Å². The van der Waals surface area contributed by atoms with Gasteiger partial charge in [-0.2, -0.15) is 0 Å². The number of rotatable bonds is 4. The number of aromatic nitrogens is 2. The zero-order chi connectivity index (χ0) is 11.2. The van der Waals surface area contributed by atoms with Crippen LogP contribution in [0, 0.1) is 5.92 Å². The molecule has 1 fully saturated rings. The Morgan fingerprint density at radius 2 is 2.38 bits per heavy atom. The highest BCUT2D eigenvalue weighted by atomic mass is 32.1. The second-order valence-electron chi connectivity index (χ2n) is 5.17. The fourth-order valence-electron chi connectivity index (χ4n) is 2.13. The largest absolute Gasteiger partial charge is 0.306 e. The molecule has 1 aliphatic carbocycles. The zero-order valence-electron chi connectivity index (χ0n) is 9.73. The second-order valence-corrected chi connectivity index (χ2v) is 6.05. The predicted octanol–water partition coefficient (Wildman–Crippen LogP) is 2.67. The quantitative estimate of drug-likeness (QED) is 0.883. The summed E-state index contributed by atoms with van der Waals surface area (Å²) in [6, 6.07) is 0. The summed E-state index contributed by atoms with van der Waals surface area (Å²) in [6.45, 7) is 5.46. The molecule has 0 atom stereocenters. The smallest absolute Gasteiger partial charge is 0.193 e. The normalized spacial score (nSPS) is 17.1. The molecule has 3 rings (SSSR count). The van der Waals surface area contributed by atoms with Crippen LogP contribution >= 0.6 is 11.3 Å². The van der Waals surface area contributed by atoms with Crippen molar-refractivity contribution in [1.29, 1.82) is 0 Å². The Morgan fingerprint density at radius 1 is 1.56 bits per heavy atom. The highest BCUT2D eigenvalue weighted by Gasteiger charge is 2.37. The lowest BCUT2D eigenvalue weighted by molar-refractivity contribution is 0.338. The van der Waals surface area contributed by atoms with E-state index in [9.17, 15) is 0 Å². The Kier molecular flexibility index (Phi) is 2.30. The Bertz CT molecular complexity index is 465. The first-order valence-corrected chi connectivity index (χ1v) is 6.69. The summed E-state index contributed by atoms with van der Waals surface area (Å²) < 4.78 is 2.09. The predicted molar refractivity (Wildman–Crippen MR) is 66.7 cm³/mol. The molecule has 1 N–H and O–H groups in total. The zero-order valence-corrected chi connectivity index (χ0v) is 10.5. The molecule has 2 aromatic rings. The van der Waals surface area contributed by atoms with Crippen LogP contribution in [0.2, 0.25) is 0 Å². The van der Waals surface area contributed by atoms with Gasteiger partial charge < -0.3 is 5.32 Å². The maximum atomic E-state index is 4.57. The lowest BCUT2D eigenvalue weighted by Crippen LogP contribution is -2.40. The Balaban J connectivity index is 1.68. The van der Waals surface area contributed by atoms with Crippen LogP contribution in [0.25, 0.3) is 4.96 Å². The molecule has 0 bridgehead atoms. The second kappa shape index (κ2) is 3.57. The van der Waals surface area contributed by atoms with Crippen molar-refractivity contribution in [1.82, 2.24) is 14.7 Å². The monoisotopic (exact) mass is 235 g/mol. The van der Waals surface area contributed by atoms with Crippen molar-refractivity contribution in [2.75, 3.05) is 0 Å². The van der Waals surface area contributed by atoms with Gasteiger partial charge in [-0.25, -0.2) is 4.98 Å². The number of imidazole rings is 1. The van der Waals surface area contributed by atoms with E-state index in [-0.39, 0.29) is 5.54 Å². The van der Waals surface area contributed by atoms with E-state index >= 15 is 0 Å². The number of fused-ring (bicyclic) bond motifs is 1. The molecular formula is C12H17N3S. The average Bonchev–Trinajstić information content (AvgIpc) is 2.89. The first kappa shape index (κ1) is 10.3. The van der Waals surface area contributed by atoms with E-state index in [0.29, 0.717) is 0 Å². The van der Waals surface area contributed by atoms with Gasteiger partial charge in [-0.15, -0.1) is 11.3 Å². The Morgan fingerprint density at radius 3 is 3.06 bits per heavy atom. The number of nitrogens with zero attached hydrogens (tertiary/aromatic N) is 2. The maximum absolute atomic E-state index is 4.57. The van der Waals surface area contributed by atoms with Crippen LogP contribution in [0.15, 0.2) is 17.8 Å². The third-order valence-electron chi connectivity index (χ3n) is 3.47. The van der Waals surface area contributed by atoms with Crippen molar-refractivity contribution < 1.29 is 0 Å². The molecule has 0 unspecified atom stereocenters. The summed E-state index contributed by atoms with van der Waals surface area (Å²) in [7, 11) is 0. The van der Waals surface area contributed by atoms with E-state index in [4.69, 9.17) is 0 Å². The molecule has 1 saturated carbocycles. The summed E-state index contributed by atoms with van der Waals surface area (Å²) in [4.78, 5) is 5.66. The van der Waals surface area contributed by atoms with Gasteiger partial charge in [0.2, 0.25) is 0 Å². The number of hydrogen-bond donors (Lipinski definition) is 1. The van der Waals surface area contributed by atoms with Crippen molar-refractivity contribution in [3.63, 3.8) is 0 Å². The Labute approximate surface area is 99.5 Å². The molecule has 0 radical (unpaired) electrons. The molecule has 2 heterocycles. The van der Waals surface area contributed by atoms with Gasteiger partial charge in [-0.05, 0) is 32.6 Å². The van der Waals surface area contributed by atoms with E-state index < -0.39 is 0 Å². The lowest BCUT2D eigenvalue weighted by atomic mass is 9.99. The van der Waals surface area contributed by atoms with Gasteiger partial charge in [-0.3, -0.25) is 4.40 Å². The van der Waals surface area contributed by atoms with Crippen LogP contribution < -0.4 is 5.32 Å². The minimum atomic E-state index is 0.261.